The van der Waals surface area contributed by atoms with Crippen LogP contribution in [0, 0.1) is 29.1 Å². The maximum absolute atomic E-state index is 11.2. The van der Waals surface area contributed by atoms with E-state index in [9.17, 15) is 20.4 Å². The SMILES string of the molecule is CC(C)CC(C(C)C)(C(C)C)C(O)(C(C)C)C(O)(O)O. The number of hydrogen-bond donors (Lipinski definition) is 4. The zero-order chi connectivity index (χ0) is 16.5. The third-order valence-electron chi connectivity index (χ3n) is 4.86. The highest BCUT2D eigenvalue weighted by Crippen LogP contribution is 2.55. The molecular weight excluding hydrogens is 256 g/mol. The average molecular weight is 290 g/mol. The van der Waals surface area contributed by atoms with Crippen molar-refractivity contribution in [2.24, 2.45) is 29.1 Å². The number of hydrogen-bond acceptors (Lipinski definition) is 4. The highest BCUT2D eigenvalue weighted by atomic mass is 16.7. The van der Waals surface area contributed by atoms with E-state index in [1.165, 1.54) is 0 Å². The summed E-state index contributed by atoms with van der Waals surface area (Å²) in [6.07, 6.45) is 0.598. The lowest BCUT2D eigenvalue weighted by Gasteiger charge is -2.58. The quantitative estimate of drug-likeness (QED) is 0.543. The summed E-state index contributed by atoms with van der Waals surface area (Å²) in [6, 6.07) is 0. The van der Waals surface area contributed by atoms with Crippen LogP contribution in [0.25, 0.3) is 0 Å². The summed E-state index contributed by atoms with van der Waals surface area (Å²) in [5.41, 5.74) is -2.82. The second kappa shape index (κ2) is 6.30. The van der Waals surface area contributed by atoms with Gasteiger partial charge in [0.2, 0.25) is 0 Å². The topological polar surface area (TPSA) is 80.9 Å². The Kier molecular flexibility index (Phi) is 6.25. The van der Waals surface area contributed by atoms with Crippen LogP contribution in [0.3, 0.4) is 0 Å². The summed E-state index contributed by atoms with van der Waals surface area (Å²) in [5, 5.41) is 40.9. The first-order chi connectivity index (χ1) is 8.75. The van der Waals surface area contributed by atoms with Crippen LogP contribution in [-0.2, 0) is 0 Å². The second-order valence-electron chi connectivity index (χ2n) is 7.50. The monoisotopic (exact) mass is 290 g/mol. The minimum Gasteiger partial charge on any atom is -0.381 e. The molecule has 0 amide bonds. The molecule has 0 aliphatic carbocycles. The third kappa shape index (κ3) is 3.03. The van der Waals surface area contributed by atoms with Crippen molar-refractivity contribution < 1.29 is 20.4 Å². The third-order valence-corrected chi connectivity index (χ3v) is 4.86. The van der Waals surface area contributed by atoms with Crippen LogP contribution in [0.15, 0.2) is 0 Å². The minimum absolute atomic E-state index is 0.0249. The van der Waals surface area contributed by atoms with Crippen LogP contribution in [-0.4, -0.2) is 32.0 Å². The summed E-state index contributed by atoms with van der Waals surface area (Å²) in [5.74, 6) is -3.44. The van der Waals surface area contributed by atoms with Crippen molar-refractivity contribution in [3.8, 4) is 0 Å². The van der Waals surface area contributed by atoms with Gasteiger partial charge in [-0.05, 0) is 30.1 Å². The molecule has 122 valence electrons. The fourth-order valence-electron chi connectivity index (χ4n) is 4.09. The molecule has 20 heavy (non-hydrogen) atoms. The molecule has 0 aromatic heterocycles. The fraction of sp³-hybridized carbons (Fsp3) is 1.00. The van der Waals surface area contributed by atoms with Crippen molar-refractivity contribution >= 4 is 0 Å². The van der Waals surface area contributed by atoms with E-state index < -0.39 is 22.9 Å². The molecular formula is C16H34O4. The Morgan fingerprint density at radius 3 is 1.15 bits per heavy atom. The van der Waals surface area contributed by atoms with Crippen LogP contribution in [0.2, 0.25) is 0 Å². The van der Waals surface area contributed by atoms with Crippen LogP contribution in [0.1, 0.15) is 61.8 Å². The van der Waals surface area contributed by atoms with Crippen molar-refractivity contribution in [1.82, 2.24) is 0 Å². The number of aliphatic hydroxyl groups is 4. The Bertz CT molecular complexity index is 294. The van der Waals surface area contributed by atoms with Gasteiger partial charge < -0.3 is 20.4 Å². The molecule has 0 heterocycles. The van der Waals surface area contributed by atoms with Gasteiger partial charge in [-0.15, -0.1) is 0 Å². The van der Waals surface area contributed by atoms with Gasteiger partial charge in [0.05, 0.1) is 0 Å². The molecule has 4 heteroatoms. The highest BCUT2D eigenvalue weighted by Gasteiger charge is 2.65. The molecule has 1 unspecified atom stereocenters. The molecule has 0 aromatic rings. The first-order valence-electron chi connectivity index (χ1n) is 7.64. The Morgan fingerprint density at radius 2 is 1.00 bits per heavy atom. The van der Waals surface area contributed by atoms with E-state index in [1.807, 2.05) is 41.5 Å². The molecule has 0 saturated carbocycles. The molecule has 0 fully saturated rings. The van der Waals surface area contributed by atoms with E-state index >= 15 is 0 Å². The summed E-state index contributed by atoms with van der Waals surface area (Å²) < 4.78 is 0. The Morgan fingerprint density at radius 1 is 0.650 bits per heavy atom. The standard InChI is InChI=1S/C16H34O4/c1-10(2)9-14(11(3)4,12(5)6)15(17,13(7)8)16(18,19)20/h10-13,17-20H,9H2,1-8H3. The van der Waals surface area contributed by atoms with Gasteiger partial charge in [0.25, 0.3) is 0 Å². The normalized spacial score (nSPS) is 17.4. The Hall–Kier alpha value is -0.160. The van der Waals surface area contributed by atoms with Crippen LogP contribution in [0.4, 0.5) is 0 Å². The molecule has 0 saturated heterocycles. The van der Waals surface area contributed by atoms with Crippen molar-refractivity contribution in [2.45, 2.75) is 73.4 Å². The first kappa shape index (κ1) is 19.8. The summed E-state index contributed by atoms with van der Waals surface area (Å²) in [4.78, 5) is 0. The van der Waals surface area contributed by atoms with Gasteiger partial charge in [-0.2, -0.15) is 0 Å². The largest absolute Gasteiger partial charge is 0.381 e. The lowest BCUT2D eigenvalue weighted by molar-refractivity contribution is -0.435. The molecule has 0 aliphatic heterocycles. The summed E-state index contributed by atoms with van der Waals surface area (Å²) >= 11 is 0. The molecule has 0 spiro atoms. The van der Waals surface area contributed by atoms with Gasteiger partial charge in [0.1, 0.15) is 0 Å². The molecule has 1 atom stereocenters. The van der Waals surface area contributed by atoms with Gasteiger partial charge in [-0.1, -0.05) is 55.4 Å². The van der Waals surface area contributed by atoms with Gasteiger partial charge in [-0.3, -0.25) is 0 Å². The number of rotatable bonds is 7. The van der Waals surface area contributed by atoms with Crippen LogP contribution in [0.5, 0.6) is 0 Å². The first-order valence-corrected chi connectivity index (χ1v) is 7.64. The Labute approximate surface area is 123 Å². The molecule has 0 rings (SSSR count). The van der Waals surface area contributed by atoms with Crippen molar-refractivity contribution in [2.75, 3.05) is 0 Å². The van der Waals surface area contributed by atoms with E-state index in [1.54, 1.807) is 13.8 Å². The molecule has 0 bridgehead atoms. The molecule has 4 nitrogen and oxygen atoms in total. The zero-order valence-electron chi connectivity index (χ0n) is 14.3. The summed E-state index contributed by atoms with van der Waals surface area (Å²) in [6.45, 7) is 15.3. The maximum atomic E-state index is 11.2. The van der Waals surface area contributed by atoms with E-state index in [2.05, 4.69) is 0 Å². The van der Waals surface area contributed by atoms with E-state index in [0.717, 1.165) is 0 Å². The van der Waals surface area contributed by atoms with E-state index in [-0.39, 0.29) is 17.8 Å². The van der Waals surface area contributed by atoms with Gasteiger partial charge in [-0.25, -0.2) is 0 Å². The van der Waals surface area contributed by atoms with Crippen molar-refractivity contribution in [1.29, 1.82) is 0 Å². The zero-order valence-corrected chi connectivity index (χ0v) is 14.3. The van der Waals surface area contributed by atoms with Crippen LogP contribution < -0.4 is 0 Å². The van der Waals surface area contributed by atoms with Crippen molar-refractivity contribution in [3.05, 3.63) is 0 Å². The van der Waals surface area contributed by atoms with E-state index in [0.29, 0.717) is 6.42 Å². The van der Waals surface area contributed by atoms with Crippen LogP contribution >= 0.6 is 0 Å². The van der Waals surface area contributed by atoms with E-state index in [4.69, 9.17) is 0 Å². The minimum atomic E-state index is -3.13. The second-order valence-corrected chi connectivity index (χ2v) is 7.50. The van der Waals surface area contributed by atoms with Gasteiger partial charge in [0.15, 0.2) is 5.60 Å². The van der Waals surface area contributed by atoms with Crippen molar-refractivity contribution in [3.63, 3.8) is 0 Å². The molecule has 4 N–H and O–H groups in total. The maximum Gasteiger partial charge on any atom is 0.306 e. The lowest BCUT2D eigenvalue weighted by atomic mass is 9.52. The fourth-order valence-corrected chi connectivity index (χ4v) is 4.09. The Balaban J connectivity index is 6.31. The predicted octanol–water partition coefficient (Wildman–Crippen LogP) is 2.35. The average Bonchev–Trinajstić information content (AvgIpc) is 2.21. The lowest BCUT2D eigenvalue weighted by Crippen LogP contribution is -2.70. The molecule has 0 aliphatic rings. The van der Waals surface area contributed by atoms with Gasteiger partial charge >= 0.3 is 5.97 Å². The smallest absolute Gasteiger partial charge is 0.306 e. The highest BCUT2D eigenvalue weighted by molar-refractivity contribution is 5.07. The van der Waals surface area contributed by atoms with Gasteiger partial charge in [0, 0.05) is 5.41 Å². The molecule has 0 radical (unpaired) electrons. The predicted molar refractivity (Wildman–Crippen MR) is 80.7 cm³/mol. The summed E-state index contributed by atoms with van der Waals surface area (Å²) in [7, 11) is 0. The molecule has 0 aromatic carbocycles.